The molecule has 1 aliphatic rings. The molecule has 72 valence electrons. The number of aliphatic carboxylic acids is 1. The SMILES string of the molecule is O=C(O)CCCC1=CS(=O)CC=C1. The van der Waals surface area contributed by atoms with Gasteiger partial charge in [0, 0.05) is 28.4 Å². The summed E-state index contributed by atoms with van der Waals surface area (Å²) in [6.45, 7) is 0. The van der Waals surface area contributed by atoms with Crippen molar-refractivity contribution in [3.63, 3.8) is 0 Å². The zero-order valence-corrected chi connectivity index (χ0v) is 8.05. The summed E-state index contributed by atoms with van der Waals surface area (Å²) in [6.07, 6.45) is 5.28. The van der Waals surface area contributed by atoms with Gasteiger partial charge in [-0.1, -0.05) is 12.2 Å². The number of allylic oxidation sites excluding steroid dienone is 2. The highest BCUT2D eigenvalue weighted by atomic mass is 32.2. The van der Waals surface area contributed by atoms with E-state index >= 15 is 0 Å². The maximum Gasteiger partial charge on any atom is 0.303 e. The Balaban J connectivity index is 2.32. The van der Waals surface area contributed by atoms with Gasteiger partial charge in [0.2, 0.25) is 0 Å². The predicted molar refractivity (Wildman–Crippen MR) is 51.7 cm³/mol. The average Bonchev–Trinajstić information content (AvgIpc) is 2.03. The fraction of sp³-hybridized carbons (Fsp3) is 0.444. The highest BCUT2D eigenvalue weighted by Gasteiger charge is 2.03. The second-order valence-corrected chi connectivity index (χ2v) is 4.22. The number of carboxylic acids is 1. The van der Waals surface area contributed by atoms with Crippen molar-refractivity contribution in [3.8, 4) is 0 Å². The van der Waals surface area contributed by atoms with Crippen LogP contribution < -0.4 is 0 Å². The molecule has 0 saturated carbocycles. The molecule has 1 aliphatic heterocycles. The van der Waals surface area contributed by atoms with Gasteiger partial charge in [-0.2, -0.15) is 0 Å². The molecule has 0 aromatic carbocycles. The first-order valence-corrected chi connectivity index (χ1v) is 5.53. The Kier molecular flexibility index (Phi) is 3.89. The first kappa shape index (κ1) is 10.2. The van der Waals surface area contributed by atoms with E-state index < -0.39 is 16.8 Å². The number of rotatable bonds is 4. The molecule has 1 N–H and O–H groups in total. The van der Waals surface area contributed by atoms with E-state index in [1.54, 1.807) is 5.41 Å². The molecule has 0 fully saturated rings. The lowest BCUT2D eigenvalue weighted by atomic mass is 10.1. The minimum atomic E-state index is -0.881. The molecule has 0 radical (unpaired) electrons. The summed E-state index contributed by atoms with van der Waals surface area (Å²) in [5, 5.41) is 10.1. The monoisotopic (exact) mass is 200 g/mol. The predicted octanol–water partition coefficient (Wildman–Crippen LogP) is 1.44. The van der Waals surface area contributed by atoms with Crippen LogP contribution in [-0.2, 0) is 15.6 Å². The summed E-state index contributed by atoms with van der Waals surface area (Å²) in [7, 11) is -0.881. The minimum Gasteiger partial charge on any atom is -0.481 e. The topological polar surface area (TPSA) is 54.4 Å². The van der Waals surface area contributed by atoms with E-state index in [-0.39, 0.29) is 6.42 Å². The molecule has 1 heterocycles. The fourth-order valence-corrected chi connectivity index (χ4v) is 2.05. The number of hydrogen-bond donors (Lipinski definition) is 1. The lowest BCUT2D eigenvalue weighted by Crippen LogP contribution is -1.98. The molecule has 0 saturated heterocycles. The van der Waals surface area contributed by atoms with Crippen molar-refractivity contribution in [2.75, 3.05) is 5.75 Å². The van der Waals surface area contributed by atoms with Gasteiger partial charge in [0.05, 0.1) is 0 Å². The van der Waals surface area contributed by atoms with Gasteiger partial charge in [-0.3, -0.25) is 9.00 Å². The van der Waals surface area contributed by atoms with Crippen LogP contribution in [0.4, 0.5) is 0 Å². The molecule has 0 spiro atoms. The Bertz CT molecular complexity index is 279. The summed E-state index contributed by atoms with van der Waals surface area (Å²) >= 11 is 0. The van der Waals surface area contributed by atoms with Gasteiger partial charge in [-0.05, 0) is 18.4 Å². The second-order valence-electron chi connectivity index (χ2n) is 2.89. The fourth-order valence-electron chi connectivity index (χ4n) is 1.14. The number of carboxylic acid groups (broad SMARTS) is 1. The summed E-state index contributed by atoms with van der Waals surface area (Å²) in [6, 6.07) is 0. The van der Waals surface area contributed by atoms with Crippen molar-refractivity contribution >= 4 is 16.8 Å². The van der Waals surface area contributed by atoms with Gasteiger partial charge >= 0.3 is 5.97 Å². The van der Waals surface area contributed by atoms with Crippen molar-refractivity contribution in [2.45, 2.75) is 19.3 Å². The van der Waals surface area contributed by atoms with E-state index in [1.807, 2.05) is 12.2 Å². The molecule has 0 aromatic rings. The summed E-state index contributed by atoms with van der Waals surface area (Å²) in [5.74, 6) is -0.191. The van der Waals surface area contributed by atoms with E-state index in [0.29, 0.717) is 18.6 Å². The Morgan fingerprint density at radius 2 is 2.38 bits per heavy atom. The Morgan fingerprint density at radius 1 is 1.62 bits per heavy atom. The molecular formula is C9H12O3S. The van der Waals surface area contributed by atoms with Gasteiger partial charge in [0.1, 0.15) is 0 Å². The molecule has 0 aliphatic carbocycles. The third kappa shape index (κ3) is 4.03. The lowest BCUT2D eigenvalue weighted by Gasteiger charge is -2.04. The third-order valence-electron chi connectivity index (χ3n) is 1.73. The van der Waals surface area contributed by atoms with Crippen LogP contribution in [0.5, 0.6) is 0 Å². The van der Waals surface area contributed by atoms with Crippen LogP contribution in [0.3, 0.4) is 0 Å². The minimum absolute atomic E-state index is 0.178. The van der Waals surface area contributed by atoms with Gasteiger partial charge in [-0.15, -0.1) is 0 Å². The summed E-state index contributed by atoms with van der Waals surface area (Å²) in [4.78, 5) is 10.2. The average molecular weight is 200 g/mol. The van der Waals surface area contributed by atoms with E-state index in [1.165, 1.54) is 0 Å². The first-order chi connectivity index (χ1) is 6.18. The zero-order chi connectivity index (χ0) is 9.68. The maximum atomic E-state index is 11.0. The molecule has 4 heteroatoms. The maximum absolute atomic E-state index is 11.0. The van der Waals surface area contributed by atoms with Crippen LogP contribution in [0.1, 0.15) is 19.3 Å². The quantitative estimate of drug-likeness (QED) is 0.747. The van der Waals surface area contributed by atoms with Crippen molar-refractivity contribution in [3.05, 3.63) is 23.1 Å². The molecule has 1 unspecified atom stereocenters. The molecule has 0 bridgehead atoms. The smallest absolute Gasteiger partial charge is 0.303 e. The molecular weight excluding hydrogens is 188 g/mol. The molecule has 1 rings (SSSR count). The van der Waals surface area contributed by atoms with Crippen LogP contribution in [-0.4, -0.2) is 21.0 Å². The molecule has 3 nitrogen and oxygen atoms in total. The molecule has 1 atom stereocenters. The van der Waals surface area contributed by atoms with E-state index in [4.69, 9.17) is 5.11 Å². The van der Waals surface area contributed by atoms with Gasteiger partial charge in [0.15, 0.2) is 0 Å². The van der Waals surface area contributed by atoms with Crippen LogP contribution in [0.15, 0.2) is 23.1 Å². The van der Waals surface area contributed by atoms with E-state index in [9.17, 15) is 9.00 Å². The lowest BCUT2D eigenvalue weighted by molar-refractivity contribution is -0.137. The van der Waals surface area contributed by atoms with E-state index in [0.717, 1.165) is 5.57 Å². The van der Waals surface area contributed by atoms with Crippen molar-refractivity contribution in [2.24, 2.45) is 0 Å². The van der Waals surface area contributed by atoms with Crippen molar-refractivity contribution in [1.29, 1.82) is 0 Å². The Hall–Kier alpha value is -0.900. The van der Waals surface area contributed by atoms with E-state index in [2.05, 4.69) is 0 Å². The Labute approximate surface area is 79.6 Å². The number of hydrogen-bond acceptors (Lipinski definition) is 2. The highest BCUT2D eigenvalue weighted by Crippen LogP contribution is 2.13. The molecule has 0 aromatic heterocycles. The summed E-state index contributed by atoms with van der Waals surface area (Å²) < 4.78 is 11.0. The largest absolute Gasteiger partial charge is 0.481 e. The second kappa shape index (κ2) is 4.97. The van der Waals surface area contributed by atoms with Crippen LogP contribution in [0.2, 0.25) is 0 Å². The van der Waals surface area contributed by atoms with Gasteiger partial charge < -0.3 is 5.11 Å². The third-order valence-corrected chi connectivity index (χ3v) is 2.82. The Morgan fingerprint density at radius 3 is 3.00 bits per heavy atom. The molecule has 0 amide bonds. The highest BCUT2D eigenvalue weighted by molar-refractivity contribution is 7.88. The van der Waals surface area contributed by atoms with Crippen LogP contribution >= 0.6 is 0 Å². The normalized spacial score (nSPS) is 21.2. The van der Waals surface area contributed by atoms with Crippen LogP contribution in [0.25, 0.3) is 0 Å². The standard InChI is InChI=1S/C9H12O3S/c10-9(11)5-1-3-8-4-2-6-13(12)7-8/h2,4,7H,1,3,5-6H2,(H,10,11). The summed E-state index contributed by atoms with van der Waals surface area (Å²) in [5.41, 5.74) is 0.992. The zero-order valence-electron chi connectivity index (χ0n) is 7.23. The first-order valence-electron chi connectivity index (χ1n) is 4.14. The molecule has 13 heavy (non-hydrogen) atoms. The van der Waals surface area contributed by atoms with Gasteiger partial charge in [-0.25, -0.2) is 0 Å². The van der Waals surface area contributed by atoms with Crippen LogP contribution in [0, 0.1) is 0 Å². The van der Waals surface area contributed by atoms with Gasteiger partial charge in [0.25, 0.3) is 0 Å². The number of carbonyl (C=O) groups is 1. The van der Waals surface area contributed by atoms with Crippen molar-refractivity contribution in [1.82, 2.24) is 0 Å². The van der Waals surface area contributed by atoms with Crippen molar-refractivity contribution < 1.29 is 14.1 Å².